The van der Waals surface area contributed by atoms with Crippen LogP contribution >= 0.6 is 0 Å². The maximum absolute atomic E-state index is 11.6. The molecule has 0 aromatic carbocycles. The van der Waals surface area contributed by atoms with Crippen LogP contribution in [0, 0.1) is 0 Å². The summed E-state index contributed by atoms with van der Waals surface area (Å²) < 4.78 is 4.99. The van der Waals surface area contributed by atoms with Crippen molar-refractivity contribution in [2.75, 3.05) is 19.0 Å². The molecule has 1 amide bonds. The number of ether oxygens (including phenoxy) is 1. The summed E-state index contributed by atoms with van der Waals surface area (Å²) in [5.74, 6) is 0.472. The summed E-state index contributed by atoms with van der Waals surface area (Å²) in [7, 11) is 1.55. The molecule has 0 radical (unpaired) electrons. The third-order valence-electron chi connectivity index (χ3n) is 1.91. The van der Waals surface area contributed by atoms with E-state index in [1.807, 2.05) is 20.8 Å². The lowest BCUT2D eigenvalue weighted by atomic mass is 10.1. The van der Waals surface area contributed by atoms with Crippen LogP contribution in [0.4, 0.5) is 5.69 Å². The van der Waals surface area contributed by atoms with Gasteiger partial charge in [0.05, 0.1) is 13.7 Å². The number of hydrogen-bond acceptors (Lipinski definition) is 4. The Morgan fingerprint density at radius 2 is 2.18 bits per heavy atom. The van der Waals surface area contributed by atoms with Crippen molar-refractivity contribution in [2.24, 2.45) is 0 Å². The second-order valence-electron chi connectivity index (χ2n) is 4.74. The molecule has 0 fully saturated rings. The van der Waals surface area contributed by atoms with Crippen molar-refractivity contribution < 1.29 is 9.53 Å². The van der Waals surface area contributed by atoms with Crippen LogP contribution in [-0.2, 0) is 4.79 Å². The van der Waals surface area contributed by atoms with Crippen molar-refractivity contribution in [3.05, 3.63) is 18.3 Å². The van der Waals surface area contributed by atoms with Gasteiger partial charge in [0.2, 0.25) is 11.8 Å². The van der Waals surface area contributed by atoms with Crippen LogP contribution in [-0.4, -0.2) is 30.1 Å². The lowest BCUT2D eigenvalue weighted by molar-refractivity contribution is -0.120. The predicted molar refractivity (Wildman–Crippen MR) is 67.2 cm³/mol. The molecule has 2 N–H and O–H groups in total. The van der Waals surface area contributed by atoms with Gasteiger partial charge in [0, 0.05) is 23.5 Å². The molecule has 0 saturated carbocycles. The minimum Gasteiger partial charge on any atom is -0.481 e. The number of aromatic nitrogens is 1. The van der Waals surface area contributed by atoms with E-state index in [1.54, 1.807) is 25.4 Å². The molecule has 1 rings (SSSR count). The zero-order chi connectivity index (χ0) is 12.9. The van der Waals surface area contributed by atoms with E-state index in [9.17, 15) is 4.79 Å². The molecule has 0 atom stereocenters. The van der Waals surface area contributed by atoms with Crippen LogP contribution < -0.4 is 15.4 Å². The van der Waals surface area contributed by atoms with Gasteiger partial charge in [0.25, 0.3) is 0 Å². The first kappa shape index (κ1) is 13.3. The van der Waals surface area contributed by atoms with Gasteiger partial charge < -0.3 is 15.4 Å². The monoisotopic (exact) mass is 237 g/mol. The maximum Gasteiger partial charge on any atom is 0.239 e. The number of nitrogens with one attached hydrogen (secondary N) is 2. The van der Waals surface area contributed by atoms with E-state index in [1.165, 1.54) is 0 Å². The summed E-state index contributed by atoms with van der Waals surface area (Å²) in [5, 5.41) is 5.88. The molecule has 0 bridgehead atoms. The van der Waals surface area contributed by atoms with Gasteiger partial charge in [0.1, 0.15) is 0 Å². The molecule has 17 heavy (non-hydrogen) atoms. The highest BCUT2D eigenvalue weighted by Gasteiger charge is 2.13. The number of pyridine rings is 1. The van der Waals surface area contributed by atoms with Crippen molar-refractivity contribution >= 4 is 11.6 Å². The number of carbonyl (C=O) groups excluding carboxylic acids is 1. The van der Waals surface area contributed by atoms with E-state index < -0.39 is 0 Å². The Hall–Kier alpha value is -1.78. The Morgan fingerprint density at radius 1 is 1.47 bits per heavy atom. The molecule has 5 nitrogen and oxygen atoms in total. The van der Waals surface area contributed by atoms with E-state index in [2.05, 4.69) is 15.6 Å². The maximum atomic E-state index is 11.6. The van der Waals surface area contributed by atoms with Crippen molar-refractivity contribution in [2.45, 2.75) is 26.3 Å². The minimum atomic E-state index is -0.214. The Balaban J connectivity index is 2.47. The fraction of sp³-hybridized carbons (Fsp3) is 0.500. The molecular weight excluding hydrogens is 218 g/mol. The van der Waals surface area contributed by atoms with Crippen molar-refractivity contribution in [3.8, 4) is 5.88 Å². The lowest BCUT2D eigenvalue weighted by Gasteiger charge is -2.20. The normalized spacial score (nSPS) is 10.8. The highest BCUT2D eigenvalue weighted by atomic mass is 16.5. The average Bonchev–Trinajstić information content (AvgIpc) is 2.24. The topological polar surface area (TPSA) is 63.2 Å². The number of carbonyl (C=O) groups is 1. The average molecular weight is 237 g/mol. The van der Waals surface area contributed by atoms with E-state index in [0.717, 1.165) is 5.69 Å². The van der Waals surface area contributed by atoms with Crippen LogP contribution in [0.1, 0.15) is 20.8 Å². The van der Waals surface area contributed by atoms with E-state index >= 15 is 0 Å². The predicted octanol–water partition coefficient (Wildman–Crippen LogP) is 1.42. The Labute approximate surface area is 102 Å². The van der Waals surface area contributed by atoms with Crippen molar-refractivity contribution in [1.82, 2.24) is 10.3 Å². The molecule has 0 aliphatic carbocycles. The molecule has 0 saturated heterocycles. The number of nitrogens with zero attached hydrogens (tertiary/aromatic N) is 1. The quantitative estimate of drug-likeness (QED) is 0.831. The number of anilines is 1. The van der Waals surface area contributed by atoms with Crippen LogP contribution in [0.15, 0.2) is 18.3 Å². The molecule has 0 aliphatic heterocycles. The number of hydrogen-bond donors (Lipinski definition) is 2. The van der Waals surface area contributed by atoms with E-state index in [-0.39, 0.29) is 18.0 Å². The lowest BCUT2D eigenvalue weighted by Crippen LogP contribution is -2.43. The number of amides is 1. The SMILES string of the molecule is COc1cc(NCC(=O)NC(C)(C)C)ccn1. The molecule has 1 heterocycles. The van der Waals surface area contributed by atoms with Gasteiger partial charge >= 0.3 is 0 Å². The van der Waals surface area contributed by atoms with Gasteiger partial charge in [0.15, 0.2) is 0 Å². The smallest absolute Gasteiger partial charge is 0.239 e. The Bertz CT molecular complexity index is 386. The largest absolute Gasteiger partial charge is 0.481 e. The highest BCUT2D eigenvalue weighted by Crippen LogP contribution is 2.12. The van der Waals surface area contributed by atoms with Gasteiger partial charge in [-0.2, -0.15) is 0 Å². The molecule has 1 aromatic rings. The van der Waals surface area contributed by atoms with Gasteiger partial charge in [-0.3, -0.25) is 4.79 Å². The van der Waals surface area contributed by atoms with Crippen LogP contribution in [0.2, 0.25) is 0 Å². The third-order valence-corrected chi connectivity index (χ3v) is 1.91. The molecule has 5 heteroatoms. The summed E-state index contributed by atoms with van der Waals surface area (Å²) in [6, 6.07) is 3.53. The number of rotatable bonds is 4. The van der Waals surface area contributed by atoms with Crippen LogP contribution in [0.3, 0.4) is 0 Å². The van der Waals surface area contributed by atoms with Gasteiger partial charge in [-0.25, -0.2) is 4.98 Å². The van der Waals surface area contributed by atoms with Crippen molar-refractivity contribution in [3.63, 3.8) is 0 Å². The molecule has 1 aromatic heterocycles. The summed E-state index contributed by atoms with van der Waals surface area (Å²) in [5.41, 5.74) is 0.593. The van der Waals surface area contributed by atoms with Crippen LogP contribution in [0.5, 0.6) is 5.88 Å². The summed E-state index contributed by atoms with van der Waals surface area (Å²) in [6.07, 6.45) is 1.63. The van der Waals surface area contributed by atoms with E-state index in [0.29, 0.717) is 5.88 Å². The molecule has 94 valence electrons. The standard InChI is InChI=1S/C12H19N3O2/c1-12(2,3)15-10(16)8-14-9-5-6-13-11(7-9)17-4/h5-7H,8H2,1-4H3,(H,13,14)(H,15,16). The first-order chi connectivity index (χ1) is 7.90. The molecule has 0 spiro atoms. The van der Waals surface area contributed by atoms with Gasteiger partial charge in [-0.15, -0.1) is 0 Å². The first-order valence-electron chi connectivity index (χ1n) is 5.45. The molecular formula is C12H19N3O2. The van der Waals surface area contributed by atoms with E-state index in [4.69, 9.17) is 4.74 Å². The first-order valence-corrected chi connectivity index (χ1v) is 5.45. The fourth-order valence-corrected chi connectivity index (χ4v) is 1.28. The second kappa shape index (κ2) is 5.52. The molecule has 0 unspecified atom stereocenters. The summed E-state index contributed by atoms with van der Waals surface area (Å²) in [6.45, 7) is 6.06. The Kier molecular flexibility index (Phi) is 4.31. The van der Waals surface area contributed by atoms with Crippen LogP contribution in [0.25, 0.3) is 0 Å². The zero-order valence-electron chi connectivity index (χ0n) is 10.7. The number of methoxy groups -OCH3 is 1. The highest BCUT2D eigenvalue weighted by molar-refractivity contribution is 5.81. The third kappa shape index (κ3) is 5.19. The molecule has 0 aliphatic rings. The van der Waals surface area contributed by atoms with Crippen molar-refractivity contribution in [1.29, 1.82) is 0 Å². The van der Waals surface area contributed by atoms with Gasteiger partial charge in [-0.1, -0.05) is 0 Å². The van der Waals surface area contributed by atoms with Gasteiger partial charge in [-0.05, 0) is 26.8 Å². The Morgan fingerprint density at radius 3 is 2.76 bits per heavy atom. The minimum absolute atomic E-state index is 0.0479. The summed E-state index contributed by atoms with van der Waals surface area (Å²) in [4.78, 5) is 15.5. The fourth-order valence-electron chi connectivity index (χ4n) is 1.28. The zero-order valence-corrected chi connectivity index (χ0v) is 10.7. The second-order valence-corrected chi connectivity index (χ2v) is 4.74. The summed E-state index contributed by atoms with van der Waals surface area (Å²) >= 11 is 0.